The van der Waals surface area contributed by atoms with E-state index in [1.807, 2.05) is 6.07 Å². The normalized spacial score (nSPS) is 13.2. The van der Waals surface area contributed by atoms with Gasteiger partial charge in [0.2, 0.25) is 0 Å². The van der Waals surface area contributed by atoms with Gasteiger partial charge in [-0.05, 0) is 30.0 Å². The number of aromatic hydroxyl groups is 1. The molecule has 0 unspecified atom stereocenters. The summed E-state index contributed by atoms with van der Waals surface area (Å²) in [4.78, 5) is 0. The van der Waals surface area contributed by atoms with Crippen LogP contribution in [-0.4, -0.2) is 5.11 Å². The van der Waals surface area contributed by atoms with Crippen molar-refractivity contribution in [2.45, 2.75) is 26.3 Å². The number of halogens is 1. The zero-order chi connectivity index (χ0) is 10.7. The van der Waals surface area contributed by atoms with Crippen molar-refractivity contribution in [2.75, 3.05) is 0 Å². The summed E-state index contributed by atoms with van der Waals surface area (Å²) in [7, 11) is 0. The summed E-state index contributed by atoms with van der Waals surface area (Å²) < 4.78 is 0. The lowest BCUT2D eigenvalue weighted by Gasteiger charge is -2.14. The van der Waals surface area contributed by atoms with Crippen molar-refractivity contribution in [1.29, 1.82) is 0 Å². The van der Waals surface area contributed by atoms with Crippen LogP contribution in [-0.2, 0) is 0 Å². The third-order valence-electron chi connectivity index (χ3n) is 2.13. The van der Waals surface area contributed by atoms with Crippen molar-refractivity contribution in [1.82, 2.24) is 0 Å². The molecule has 0 aliphatic carbocycles. The lowest BCUT2D eigenvalue weighted by Crippen LogP contribution is -2.12. The van der Waals surface area contributed by atoms with Gasteiger partial charge in [-0.3, -0.25) is 0 Å². The third-order valence-corrected chi connectivity index (χ3v) is 2.43. The van der Waals surface area contributed by atoms with Gasteiger partial charge in [0, 0.05) is 6.04 Å². The fourth-order valence-electron chi connectivity index (χ4n) is 1.40. The average Bonchev–Trinajstić information content (AvgIpc) is 2.08. The molecule has 3 N–H and O–H groups in total. The zero-order valence-corrected chi connectivity index (χ0v) is 9.25. The maximum Gasteiger partial charge on any atom is 0.134 e. The summed E-state index contributed by atoms with van der Waals surface area (Å²) in [6.45, 7) is 4.25. The first-order valence-electron chi connectivity index (χ1n) is 4.74. The molecule has 0 aliphatic rings. The molecular weight excluding hydrogens is 198 g/mol. The molecule has 0 aromatic heterocycles. The van der Waals surface area contributed by atoms with Crippen LogP contribution in [0.15, 0.2) is 18.2 Å². The van der Waals surface area contributed by atoms with Gasteiger partial charge in [-0.1, -0.05) is 31.5 Å². The summed E-state index contributed by atoms with van der Waals surface area (Å²) in [6.07, 6.45) is 0.918. The van der Waals surface area contributed by atoms with E-state index in [2.05, 4.69) is 13.8 Å². The van der Waals surface area contributed by atoms with Gasteiger partial charge in [0.15, 0.2) is 0 Å². The minimum absolute atomic E-state index is 0.00639. The minimum Gasteiger partial charge on any atom is -0.506 e. The summed E-state index contributed by atoms with van der Waals surface area (Å²) in [5.41, 5.74) is 6.95. The van der Waals surface area contributed by atoms with Crippen molar-refractivity contribution in [3.05, 3.63) is 28.8 Å². The van der Waals surface area contributed by atoms with Gasteiger partial charge in [-0.25, -0.2) is 0 Å². The van der Waals surface area contributed by atoms with Crippen LogP contribution >= 0.6 is 11.6 Å². The second-order valence-electron chi connectivity index (χ2n) is 3.95. The molecule has 0 amide bonds. The van der Waals surface area contributed by atoms with Crippen LogP contribution < -0.4 is 5.73 Å². The highest BCUT2D eigenvalue weighted by molar-refractivity contribution is 6.32. The maximum atomic E-state index is 9.23. The Kier molecular flexibility index (Phi) is 3.78. The Balaban J connectivity index is 2.80. The molecule has 14 heavy (non-hydrogen) atoms. The lowest BCUT2D eigenvalue weighted by molar-refractivity contribution is 0.473. The molecule has 0 radical (unpaired) electrons. The van der Waals surface area contributed by atoms with Crippen LogP contribution in [0.25, 0.3) is 0 Å². The molecule has 2 nitrogen and oxygen atoms in total. The van der Waals surface area contributed by atoms with E-state index in [1.165, 1.54) is 0 Å². The van der Waals surface area contributed by atoms with Crippen molar-refractivity contribution >= 4 is 11.6 Å². The molecule has 0 saturated heterocycles. The standard InChI is InChI=1S/C11H16ClNO/c1-7(2)5-10(13)8-3-4-11(14)9(12)6-8/h3-4,6-7,10,14H,5,13H2,1-2H3/t10-/m1/s1. The number of hydrogen-bond donors (Lipinski definition) is 2. The molecule has 0 spiro atoms. The number of hydrogen-bond acceptors (Lipinski definition) is 2. The monoisotopic (exact) mass is 213 g/mol. The van der Waals surface area contributed by atoms with Crippen molar-refractivity contribution in [2.24, 2.45) is 11.7 Å². The number of rotatable bonds is 3. The molecule has 1 rings (SSSR count). The first kappa shape index (κ1) is 11.3. The fraction of sp³-hybridized carbons (Fsp3) is 0.455. The van der Waals surface area contributed by atoms with Gasteiger partial charge < -0.3 is 10.8 Å². The zero-order valence-electron chi connectivity index (χ0n) is 8.50. The van der Waals surface area contributed by atoms with E-state index in [1.54, 1.807) is 12.1 Å². The molecule has 0 heterocycles. The van der Waals surface area contributed by atoms with E-state index in [0.29, 0.717) is 10.9 Å². The predicted octanol–water partition coefficient (Wildman–Crippen LogP) is 3.09. The predicted molar refractivity (Wildman–Crippen MR) is 59.5 cm³/mol. The molecule has 0 saturated carbocycles. The van der Waals surface area contributed by atoms with Crippen molar-refractivity contribution in [3.8, 4) is 5.75 Å². The van der Waals surface area contributed by atoms with Crippen LogP contribution in [0.1, 0.15) is 31.9 Å². The first-order valence-corrected chi connectivity index (χ1v) is 5.12. The topological polar surface area (TPSA) is 46.2 Å². The molecule has 0 fully saturated rings. The van der Waals surface area contributed by atoms with Crippen LogP contribution in [0.5, 0.6) is 5.75 Å². The SMILES string of the molecule is CC(C)C[C@@H](N)c1ccc(O)c(Cl)c1. The van der Waals surface area contributed by atoms with Gasteiger partial charge >= 0.3 is 0 Å². The van der Waals surface area contributed by atoms with Crippen LogP contribution in [0.3, 0.4) is 0 Å². The molecular formula is C11H16ClNO. The Labute approximate surface area is 89.7 Å². The Morgan fingerprint density at radius 2 is 2.07 bits per heavy atom. The van der Waals surface area contributed by atoms with Gasteiger partial charge in [-0.2, -0.15) is 0 Å². The Morgan fingerprint density at radius 3 is 2.57 bits per heavy atom. The van der Waals surface area contributed by atoms with E-state index in [9.17, 15) is 5.11 Å². The number of benzene rings is 1. The van der Waals surface area contributed by atoms with Crippen LogP contribution in [0.4, 0.5) is 0 Å². The molecule has 0 aliphatic heterocycles. The molecule has 3 heteroatoms. The van der Waals surface area contributed by atoms with Gasteiger partial charge in [0.1, 0.15) is 5.75 Å². The number of phenolic OH excluding ortho intramolecular Hbond substituents is 1. The summed E-state index contributed by atoms with van der Waals surface area (Å²) in [5.74, 6) is 0.657. The van der Waals surface area contributed by atoms with E-state index >= 15 is 0 Å². The van der Waals surface area contributed by atoms with Crippen molar-refractivity contribution < 1.29 is 5.11 Å². The summed E-state index contributed by atoms with van der Waals surface area (Å²) in [6, 6.07) is 5.11. The average molecular weight is 214 g/mol. The van der Waals surface area contributed by atoms with Crippen LogP contribution in [0.2, 0.25) is 5.02 Å². The highest BCUT2D eigenvalue weighted by Gasteiger charge is 2.09. The maximum absolute atomic E-state index is 9.23. The van der Waals surface area contributed by atoms with Crippen LogP contribution in [0, 0.1) is 5.92 Å². The summed E-state index contributed by atoms with van der Waals surface area (Å²) in [5, 5.41) is 9.60. The van der Waals surface area contributed by atoms with E-state index in [4.69, 9.17) is 17.3 Å². The number of nitrogens with two attached hydrogens (primary N) is 1. The highest BCUT2D eigenvalue weighted by Crippen LogP contribution is 2.27. The Hall–Kier alpha value is -0.730. The minimum atomic E-state index is -0.00639. The molecule has 78 valence electrons. The first-order chi connectivity index (χ1) is 6.50. The quantitative estimate of drug-likeness (QED) is 0.811. The molecule has 1 atom stereocenters. The lowest BCUT2D eigenvalue weighted by atomic mass is 9.98. The number of phenols is 1. The third kappa shape index (κ3) is 2.89. The van der Waals surface area contributed by atoms with Crippen molar-refractivity contribution in [3.63, 3.8) is 0 Å². The largest absolute Gasteiger partial charge is 0.506 e. The molecule has 1 aromatic rings. The van der Waals surface area contributed by atoms with E-state index in [0.717, 1.165) is 12.0 Å². The van der Waals surface area contributed by atoms with Gasteiger partial charge in [-0.15, -0.1) is 0 Å². The van der Waals surface area contributed by atoms with E-state index < -0.39 is 0 Å². The smallest absolute Gasteiger partial charge is 0.134 e. The molecule has 0 bridgehead atoms. The fourth-order valence-corrected chi connectivity index (χ4v) is 1.59. The van der Waals surface area contributed by atoms with Gasteiger partial charge in [0.05, 0.1) is 5.02 Å². The second kappa shape index (κ2) is 4.67. The Bertz CT molecular complexity index is 312. The Morgan fingerprint density at radius 1 is 1.43 bits per heavy atom. The second-order valence-corrected chi connectivity index (χ2v) is 4.35. The summed E-state index contributed by atoms with van der Waals surface area (Å²) >= 11 is 5.79. The van der Waals surface area contributed by atoms with E-state index in [-0.39, 0.29) is 11.8 Å². The highest BCUT2D eigenvalue weighted by atomic mass is 35.5. The van der Waals surface area contributed by atoms with Gasteiger partial charge in [0.25, 0.3) is 0 Å². The molecule has 1 aromatic carbocycles.